The Kier molecular flexibility index (Phi) is 12.4. The molecule has 1 aliphatic heterocycles. The molecule has 0 unspecified atom stereocenters. The Bertz CT molecular complexity index is 730. The van der Waals surface area contributed by atoms with Gasteiger partial charge in [-0.05, 0) is 9.03 Å². The molecule has 15 nitrogen and oxygen atoms in total. The number of carbonyl (C=O) groups is 1. The molecular weight excluding hydrogens is 510 g/mol. The molecular formula is C13H31N5O10P4. The maximum Gasteiger partial charge on any atom is 0.339 e. The lowest BCUT2D eigenvalue weighted by molar-refractivity contribution is -0.118. The second kappa shape index (κ2) is 13.2. The average molecular weight is 541 g/mol. The molecule has 0 atom stereocenters. The van der Waals surface area contributed by atoms with Crippen LogP contribution in [0, 0.1) is 0 Å². The van der Waals surface area contributed by atoms with Gasteiger partial charge < -0.3 is 29.4 Å². The average Bonchev–Trinajstić information content (AvgIpc) is 2.60. The lowest BCUT2D eigenvalue weighted by Crippen LogP contribution is -2.47. The molecule has 6 N–H and O–H groups in total. The molecule has 1 heterocycles. The highest BCUT2D eigenvalue weighted by atomic mass is 31.2. The molecule has 0 bridgehead atoms. The predicted octanol–water partition coefficient (Wildman–Crippen LogP) is -1.53. The minimum atomic E-state index is -4.44. The minimum Gasteiger partial charge on any atom is -0.324 e. The van der Waals surface area contributed by atoms with Gasteiger partial charge in [0.1, 0.15) is 18.9 Å². The first-order chi connectivity index (χ1) is 14.6. The topological polar surface area (TPSA) is 215 Å². The molecule has 19 heteroatoms. The van der Waals surface area contributed by atoms with Gasteiger partial charge >= 0.3 is 22.8 Å². The standard InChI is InChI=1S/C13H31N5O10P4/c19-13(14-29)9-15-1-3-16(10-30(20,21)22)5-7-18(12-32(26,27)28)8-6-17(4-2-15)11-31(23,24)25/h29H,1-12H2,(H2,20,21,22)(H2,23,24,25)(H2,26,27,28). The molecule has 0 aromatic carbocycles. The van der Waals surface area contributed by atoms with Gasteiger partial charge in [0.15, 0.2) is 0 Å². The van der Waals surface area contributed by atoms with E-state index in [0.717, 1.165) is 0 Å². The lowest BCUT2D eigenvalue weighted by Gasteiger charge is -2.34. The Morgan fingerprint density at radius 3 is 1.09 bits per heavy atom. The summed E-state index contributed by atoms with van der Waals surface area (Å²) in [6, 6.07) is 0. The zero-order valence-electron chi connectivity index (χ0n) is 17.4. The number of hydrogen-bond acceptors (Lipinski definition) is 8. The SMILES string of the molecule is O=C(CN1CCN(CP(=O)(O)O)CCN(CP(=O)(O)O)CCN(CP(=O)(O)O)CC1)N=P. The third-order valence-electron chi connectivity index (χ3n) is 4.57. The van der Waals surface area contributed by atoms with Crippen LogP contribution >= 0.6 is 31.8 Å². The zero-order chi connectivity index (χ0) is 24.6. The molecule has 0 saturated carbocycles. The smallest absolute Gasteiger partial charge is 0.324 e. The van der Waals surface area contributed by atoms with Crippen molar-refractivity contribution in [3.05, 3.63) is 0 Å². The Balaban J connectivity index is 3.08. The zero-order valence-corrected chi connectivity index (χ0v) is 21.1. The molecule has 1 rings (SSSR count). The number of carbonyl (C=O) groups excluding carboxylic acids is 1. The summed E-state index contributed by atoms with van der Waals surface area (Å²) in [5.41, 5.74) is 0. The second-order valence-corrected chi connectivity index (χ2v) is 12.6. The van der Waals surface area contributed by atoms with Gasteiger partial charge in [0.2, 0.25) is 0 Å². The molecule has 1 saturated heterocycles. The largest absolute Gasteiger partial charge is 0.339 e. The van der Waals surface area contributed by atoms with Gasteiger partial charge in [-0.3, -0.25) is 38.1 Å². The summed E-state index contributed by atoms with van der Waals surface area (Å²) in [5.74, 6) is -0.496. The summed E-state index contributed by atoms with van der Waals surface area (Å²) < 4.78 is 37.9. The maximum absolute atomic E-state index is 11.7. The number of nitrogens with zero attached hydrogens (tertiary/aromatic N) is 5. The third kappa shape index (κ3) is 15.1. The number of hydrogen-bond donors (Lipinski definition) is 6. The number of amides is 1. The van der Waals surface area contributed by atoms with E-state index in [9.17, 15) is 47.9 Å². The highest BCUT2D eigenvalue weighted by Crippen LogP contribution is 2.37. The summed E-state index contributed by atoms with van der Waals surface area (Å²) in [4.78, 5) is 73.8. The quantitative estimate of drug-likeness (QED) is 0.192. The normalized spacial score (nSPS) is 20.4. The van der Waals surface area contributed by atoms with Crippen LogP contribution in [0.1, 0.15) is 0 Å². The molecule has 1 amide bonds. The molecule has 1 aliphatic rings. The lowest BCUT2D eigenvalue weighted by atomic mass is 10.3. The second-order valence-electron chi connectivity index (χ2n) is 7.55. The third-order valence-corrected chi connectivity index (χ3v) is 7.12. The van der Waals surface area contributed by atoms with Gasteiger partial charge in [-0.1, -0.05) is 0 Å². The van der Waals surface area contributed by atoms with Gasteiger partial charge in [0.05, 0.1) is 6.54 Å². The molecule has 0 aliphatic carbocycles. The van der Waals surface area contributed by atoms with Crippen LogP contribution in [0.5, 0.6) is 0 Å². The van der Waals surface area contributed by atoms with Gasteiger partial charge in [-0.15, -0.1) is 0 Å². The first kappa shape index (κ1) is 30.1. The van der Waals surface area contributed by atoms with E-state index in [0.29, 0.717) is 0 Å². The van der Waals surface area contributed by atoms with Gasteiger partial charge in [-0.25, -0.2) is 0 Å². The van der Waals surface area contributed by atoms with E-state index in [1.807, 2.05) is 0 Å². The van der Waals surface area contributed by atoms with Crippen LogP contribution in [0.4, 0.5) is 0 Å². The van der Waals surface area contributed by atoms with Crippen LogP contribution in [0.25, 0.3) is 0 Å². The van der Waals surface area contributed by atoms with E-state index >= 15 is 0 Å². The summed E-state index contributed by atoms with van der Waals surface area (Å²) in [6.07, 6.45) is -1.73. The van der Waals surface area contributed by atoms with Crippen molar-refractivity contribution in [3.8, 4) is 0 Å². The van der Waals surface area contributed by atoms with Crippen molar-refractivity contribution >= 4 is 37.7 Å². The summed E-state index contributed by atoms with van der Waals surface area (Å²) >= 11 is 0. The van der Waals surface area contributed by atoms with Crippen LogP contribution in [0.15, 0.2) is 4.74 Å². The van der Waals surface area contributed by atoms with Gasteiger partial charge in [-0.2, -0.15) is 4.74 Å². The van der Waals surface area contributed by atoms with E-state index in [2.05, 4.69) is 13.8 Å². The maximum atomic E-state index is 11.7. The Morgan fingerprint density at radius 2 is 0.875 bits per heavy atom. The first-order valence-corrected chi connectivity index (χ1v) is 15.3. The van der Waals surface area contributed by atoms with E-state index < -0.39 is 47.6 Å². The molecule has 1 fully saturated rings. The van der Waals surface area contributed by atoms with Crippen LogP contribution in [-0.4, -0.2) is 133 Å². The van der Waals surface area contributed by atoms with E-state index in [1.165, 1.54) is 14.7 Å². The molecule has 0 radical (unpaired) electrons. The Morgan fingerprint density at radius 1 is 0.625 bits per heavy atom. The summed E-state index contributed by atoms with van der Waals surface area (Å²) in [5, 5.41) is 0. The van der Waals surface area contributed by atoms with Crippen LogP contribution < -0.4 is 0 Å². The first-order valence-electron chi connectivity index (χ1n) is 9.50. The van der Waals surface area contributed by atoms with E-state index in [4.69, 9.17) is 0 Å². The Labute approximate surface area is 188 Å². The molecule has 0 aromatic rings. The monoisotopic (exact) mass is 541 g/mol. The van der Waals surface area contributed by atoms with E-state index in [-0.39, 0.29) is 58.9 Å². The van der Waals surface area contributed by atoms with Crippen molar-refractivity contribution in [2.45, 2.75) is 0 Å². The van der Waals surface area contributed by atoms with Crippen LogP contribution in [0.2, 0.25) is 0 Å². The van der Waals surface area contributed by atoms with Crippen molar-refractivity contribution < 1.29 is 47.9 Å². The molecule has 188 valence electrons. The molecule has 0 spiro atoms. The van der Waals surface area contributed by atoms with Gasteiger partial charge in [0, 0.05) is 52.4 Å². The fourth-order valence-corrected chi connectivity index (χ4v) is 5.65. The van der Waals surface area contributed by atoms with Crippen molar-refractivity contribution in [2.24, 2.45) is 4.74 Å². The minimum absolute atomic E-state index is 0.0598. The van der Waals surface area contributed by atoms with Crippen LogP contribution in [-0.2, 0) is 18.5 Å². The predicted molar refractivity (Wildman–Crippen MR) is 118 cm³/mol. The number of rotatable bonds is 8. The highest BCUT2D eigenvalue weighted by Gasteiger charge is 2.26. The fraction of sp³-hybridized carbons (Fsp3) is 0.923. The van der Waals surface area contributed by atoms with Crippen molar-refractivity contribution in [2.75, 3.05) is 77.8 Å². The van der Waals surface area contributed by atoms with E-state index in [1.54, 1.807) is 4.90 Å². The summed E-state index contributed by atoms with van der Waals surface area (Å²) in [6.45, 7) is 0.855. The van der Waals surface area contributed by atoms with Crippen molar-refractivity contribution in [1.29, 1.82) is 0 Å². The fourth-order valence-electron chi connectivity index (χ4n) is 3.17. The highest BCUT2D eigenvalue weighted by molar-refractivity contribution is 7.52. The molecule has 0 aromatic heterocycles. The van der Waals surface area contributed by atoms with Crippen molar-refractivity contribution in [3.63, 3.8) is 0 Å². The van der Waals surface area contributed by atoms with Crippen LogP contribution in [0.3, 0.4) is 0 Å². The summed E-state index contributed by atoms with van der Waals surface area (Å²) in [7, 11) is -10.5. The molecule has 32 heavy (non-hydrogen) atoms. The van der Waals surface area contributed by atoms with Crippen molar-refractivity contribution in [1.82, 2.24) is 19.6 Å². The van der Waals surface area contributed by atoms with Gasteiger partial charge in [0.25, 0.3) is 5.91 Å². The Hall–Kier alpha value is 0.0600.